The van der Waals surface area contributed by atoms with Crippen molar-refractivity contribution in [3.8, 4) is 22.3 Å². The van der Waals surface area contributed by atoms with Crippen LogP contribution >= 0.6 is 0 Å². The minimum absolute atomic E-state index is 0.0987. The molecule has 174 valence electrons. The Labute approximate surface area is 185 Å². The molecule has 0 aromatic heterocycles. The molecule has 0 amide bonds. The Morgan fingerprint density at radius 2 is 1.33 bits per heavy atom. The zero-order valence-electron chi connectivity index (χ0n) is 17.4. The summed E-state index contributed by atoms with van der Waals surface area (Å²) in [7, 11) is 0. The van der Waals surface area contributed by atoms with Gasteiger partial charge in [-0.2, -0.15) is 13.2 Å². The minimum atomic E-state index is -4.77. The number of aliphatic hydroxyl groups excluding tert-OH is 1. The fourth-order valence-electron chi connectivity index (χ4n) is 3.40. The highest BCUT2D eigenvalue weighted by atomic mass is 19.4. The van der Waals surface area contributed by atoms with E-state index >= 15 is 0 Å². The minimum Gasteiger partial charge on any atom is -0.388 e. The third kappa shape index (κ3) is 5.63. The van der Waals surface area contributed by atoms with Gasteiger partial charge in [0.2, 0.25) is 0 Å². The summed E-state index contributed by atoms with van der Waals surface area (Å²) < 4.78 is 94.9. The topological polar surface area (TPSA) is 20.2 Å². The van der Waals surface area contributed by atoms with Gasteiger partial charge in [0.15, 0.2) is 11.6 Å². The van der Waals surface area contributed by atoms with Gasteiger partial charge in [0.25, 0.3) is 0 Å². The number of benzene rings is 3. The van der Waals surface area contributed by atoms with Crippen molar-refractivity contribution in [3.63, 3.8) is 0 Å². The van der Waals surface area contributed by atoms with Crippen molar-refractivity contribution >= 4 is 6.08 Å². The summed E-state index contributed by atoms with van der Waals surface area (Å²) in [6.45, 7) is 1.92. The van der Waals surface area contributed by atoms with E-state index in [1.54, 1.807) is 12.1 Å². The van der Waals surface area contributed by atoms with Crippen molar-refractivity contribution in [1.29, 1.82) is 0 Å². The van der Waals surface area contributed by atoms with E-state index < -0.39 is 46.7 Å². The largest absolute Gasteiger partial charge is 0.409 e. The molecule has 3 rings (SSSR count). The molecule has 0 spiro atoms. The highest BCUT2D eigenvalue weighted by molar-refractivity contribution is 5.73. The van der Waals surface area contributed by atoms with E-state index in [9.17, 15) is 35.8 Å². The van der Waals surface area contributed by atoms with E-state index in [4.69, 9.17) is 0 Å². The van der Waals surface area contributed by atoms with Crippen molar-refractivity contribution in [2.24, 2.45) is 0 Å². The molecule has 33 heavy (non-hydrogen) atoms. The number of halogens is 7. The maximum absolute atomic E-state index is 14.8. The summed E-state index contributed by atoms with van der Waals surface area (Å²) in [5.41, 5.74) is -0.901. The second-order valence-corrected chi connectivity index (χ2v) is 7.44. The van der Waals surface area contributed by atoms with E-state index in [1.165, 1.54) is 18.2 Å². The lowest BCUT2D eigenvalue weighted by molar-refractivity contribution is -0.0790. The Hall–Kier alpha value is -3.13. The summed E-state index contributed by atoms with van der Waals surface area (Å²) in [5.74, 6) is -5.32. The summed E-state index contributed by atoms with van der Waals surface area (Å²) in [6.07, 6.45) is -4.22. The molecule has 1 nitrogen and oxygen atoms in total. The van der Waals surface area contributed by atoms with Gasteiger partial charge in [-0.3, -0.25) is 0 Å². The predicted octanol–water partition coefficient (Wildman–Crippen LogP) is 7.99. The second kappa shape index (κ2) is 9.79. The van der Waals surface area contributed by atoms with Crippen LogP contribution in [0.5, 0.6) is 0 Å². The molecule has 0 aliphatic rings. The van der Waals surface area contributed by atoms with E-state index in [0.29, 0.717) is 29.7 Å². The van der Waals surface area contributed by atoms with E-state index in [1.807, 2.05) is 6.92 Å². The molecule has 0 saturated heterocycles. The summed E-state index contributed by atoms with van der Waals surface area (Å²) in [5, 5.41) is 10.0. The highest BCUT2D eigenvalue weighted by Gasteiger charge is 2.23. The van der Waals surface area contributed by atoms with Crippen molar-refractivity contribution < 1.29 is 35.8 Å². The third-order valence-corrected chi connectivity index (χ3v) is 5.08. The molecule has 1 N–H and O–H groups in total. The van der Waals surface area contributed by atoms with Gasteiger partial charge in [-0.1, -0.05) is 49.7 Å². The molecule has 1 unspecified atom stereocenters. The number of hydrogen-bond acceptors (Lipinski definition) is 1. The Morgan fingerprint density at radius 1 is 0.818 bits per heavy atom. The monoisotopic (exact) mass is 468 g/mol. The Bertz CT molecular complexity index is 1140. The molecule has 0 bridgehead atoms. The zero-order valence-corrected chi connectivity index (χ0v) is 17.4. The van der Waals surface area contributed by atoms with Crippen LogP contribution < -0.4 is 0 Å². The van der Waals surface area contributed by atoms with Crippen LogP contribution in [-0.2, 0) is 0 Å². The summed E-state index contributed by atoms with van der Waals surface area (Å²) in [6, 6.07) is 9.88. The van der Waals surface area contributed by atoms with Crippen LogP contribution in [0.2, 0.25) is 0 Å². The molecular weight excluding hydrogens is 449 g/mol. The Kier molecular flexibility index (Phi) is 7.27. The first-order valence-electron chi connectivity index (χ1n) is 10.0. The number of allylic oxidation sites excluding steroid dienone is 1. The number of aliphatic hydroxyl groups is 1. The van der Waals surface area contributed by atoms with Gasteiger partial charge in [0, 0.05) is 22.8 Å². The Balaban J connectivity index is 1.96. The van der Waals surface area contributed by atoms with E-state index in [0.717, 1.165) is 12.5 Å². The molecule has 0 aliphatic heterocycles. The standard InChI is InChI=1S/C25H19F7O/c1-2-3-22(33)15-6-4-14(5-7-15)17-8-9-18(24(29)23(17)28)16-12-20(26)19(21(27)13-16)10-11-25(30,31)32/h4-13,22,33H,2-3H2,1H3/b11-10+. The molecule has 1 atom stereocenters. The van der Waals surface area contributed by atoms with Crippen molar-refractivity contribution in [1.82, 2.24) is 0 Å². The van der Waals surface area contributed by atoms with Crippen LogP contribution in [0, 0.1) is 23.3 Å². The van der Waals surface area contributed by atoms with Crippen LogP contribution in [0.25, 0.3) is 28.3 Å². The van der Waals surface area contributed by atoms with Crippen LogP contribution in [0.3, 0.4) is 0 Å². The fraction of sp³-hybridized carbons (Fsp3) is 0.200. The Morgan fingerprint density at radius 3 is 1.82 bits per heavy atom. The van der Waals surface area contributed by atoms with Gasteiger partial charge in [0.1, 0.15) is 11.6 Å². The third-order valence-electron chi connectivity index (χ3n) is 5.08. The van der Waals surface area contributed by atoms with E-state index in [-0.39, 0.29) is 23.3 Å². The number of rotatable bonds is 6. The smallest absolute Gasteiger partial charge is 0.388 e. The van der Waals surface area contributed by atoms with Gasteiger partial charge < -0.3 is 5.11 Å². The molecule has 0 fully saturated rings. The molecule has 3 aromatic rings. The van der Waals surface area contributed by atoms with E-state index in [2.05, 4.69) is 0 Å². The second-order valence-electron chi connectivity index (χ2n) is 7.44. The summed E-state index contributed by atoms with van der Waals surface area (Å²) >= 11 is 0. The number of hydrogen-bond donors (Lipinski definition) is 1. The first kappa shape index (κ1) is 24.5. The molecule has 8 heteroatoms. The maximum atomic E-state index is 14.8. The van der Waals surface area contributed by atoms with Crippen molar-refractivity contribution in [2.45, 2.75) is 32.0 Å². The van der Waals surface area contributed by atoms with Crippen LogP contribution in [-0.4, -0.2) is 11.3 Å². The molecular formula is C25H19F7O. The summed E-state index contributed by atoms with van der Waals surface area (Å²) in [4.78, 5) is 0. The van der Waals surface area contributed by atoms with Gasteiger partial charge in [0.05, 0.1) is 6.10 Å². The SMILES string of the molecule is CCCC(O)c1ccc(-c2ccc(-c3cc(F)c(/C=C/C(F)(F)F)c(F)c3)c(F)c2F)cc1. The van der Waals surface area contributed by atoms with Crippen LogP contribution in [0.1, 0.15) is 37.0 Å². The normalized spacial score (nSPS) is 13.0. The molecule has 0 radical (unpaired) electrons. The first-order chi connectivity index (χ1) is 15.5. The fourth-order valence-corrected chi connectivity index (χ4v) is 3.40. The molecule has 0 saturated carbocycles. The lowest BCUT2D eigenvalue weighted by atomic mass is 9.96. The lowest BCUT2D eigenvalue weighted by Gasteiger charge is -2.13. The maximum Gasteiger partial charge on any atom is 0.409 e. The predicted molar refractivity (Wildman–Crippen MR) is 112 cm³/mol. The van der Waals surface area contributed by atoms with Crippen molar-refractivity contribution in [3.05, 3.63) is 89.0 Å². The average molecular weight is 468 g/mol. The molecule has 3 aromatic carbocycles. The quantitative estimate of drug-likeness (QED) is 0.364. The van der Waals surface area contributed by atoms with Crippen LogP contribution in [0.15, 0.2) is 54.6 Å². The highest BCUT2D eigenvalue weighted by Crippen LogP contribution is 2.34. The molecule has 0 heterocycles. The number of alkyl halides is 3. The zero-order chi connectivity index (χ0) is 24.3. The van der Waals surface area contributed by atoms with Gasteiger partial charge in [-0.05, 0) is 41.3 Å². The average Bonchev–Trinajstić information content (AvgIpc) is 2.74. The molecule has 0 aliphatic carbocycles. The van der Waals surface area contributed by atoms with Gasteiger partial charge in [-0.25, -0.2) is 17.6 Å². The van der Waals surface area contributed by atoms with Gasteiger partial charge in [-0.15, -0.1) is 0 Å². The first-order valence-corrected chi connectivity index (χ1v) is 10.0. The van der Waals surface area contributed by atoms with Crippen LogP contribution in [0.4, 0.5) is 30.7 Å². The lowest BCUT2D eigenvalue weighted by Crippen LogP contribution is -2.01. The van der Waals surface area contributed by atoms with Crippen molar-refractivity contribution in [2.75, 3.05) is 0 Å². The van der Waals surface area contributed by atoms with Gasteiger partial charge >= 0.3 is 6.18 Å².